The fourth-order valence-corrected chi connectivity index (χ4v) is 3.26. The lowest BCUT2D eigenvalue weighted by atomic mass is 10.1. The highest BCUT2D eigenvalue weighted by Crippen LogP contribution is 2.26. The quantitative estimate of drug-likeness (QED) is 0.609. The number of carbonyl (C=O) groups excluding carboxylic acids is 3. The molecule has 0 spiro atoms. The van der Waals surface area contributed by atoms with Crippen LogP contribution in [0.2, 0.25) is 0 Å². The first-order valence-electron chi connectivity index (χ1n) is 9.21. The van der Waals surface area contributed by atoms with Gasteiger partial charge in [0.25, 0.3) is 5.91 Å². The molecule has 3 amide bonds. The molecule has 2 N–H and O–H groups in total. The lowest BCUT2D eigenvalue weighted by molar-refractivity contribution is -0.123. The van der Waals surface area contributed by atoms with E-state index < -0.39 is 30.1 Å². The monoisotopic (exact) mass is 426 g/mol. The van der Waals surface area contributed by atoms with E-state index in [0.29, 0.717) is 11.4 Å². The van der Waals surface area contributed by atoms with Gasteiger partial charge < -0.3 is 10.1 Å². The molecule has 0 bridgehead atoms. The van der Waals surface area contributed by atoms with E-state index in [4.69, 9.17) is 4.74 Å². The topological polar surface area (TPSA) is 102 Å². The molecule has 30 heavy (non-hydrogen) atoms. The average molecular weight is 426 g/mol. The van der Waals surface area contributed by atoms with Crippen molar-refractivity contribution in [2.75, 3.05) is 6.61 Å². The average Bonchev–Trinajstić information content (AvgIpc) is 3.34. The van der Waals surface area contributed by atoms with Crippen LogP contribution in [0.5, 0.6) is 0 Å². The Hall–Kier alpha value is -3.46. The number of thiophene rings is 1. The highest BCUT2D eigenvalue weighted by Gasteiger charge is 2.21. The van der Waals surface area contributed by atoms with E-state index in [-0.39, 0.29) is 5.69 Å². The van der Waals surface area contributed by atoms with Crippen molar-refractivity contribution in [2.45, 2.75) is 26.3 Å². The van der Waals surface area contributed by atoms with Crippen LogP contribution < -0.4 is 10.6 Å². The summed E-state index contributed by atoms with van der Waals surface area (Å²) in [6.07, 6.45) is 0. The Balaban J connectivity index is 1.73. The fourth-order valence-electron chi connectivity index (χ4n) is 2.58. The van der Waals surface area contributed by atoms with E-state index in [1.807, 2.05) is 47.8 Å². The number of carbonyl (C=O) groups is 3. The van der Waals surface area contributed by atoms with Gasteiger partial charge in [0.15, 0.2) is 12.3 Å². The minimum atomic E-state index is -0.727. The summed E-state index contributed by atoms with van der Waals surface area (Å²) in [6.45, 7) is 4.76. The first-order valence-corrected chi connectivity index (χ1v) is 10.1. The maximum Gasteiger partial charge on any atom is 0.357 e. The van der Waals surface area contributed by atoms with Gasteiger partial charge in [0, 0.05) is 11.6 Å². The zero-order valence-corrected chi connectivity index (χ0v) is 17.7. The summed E-state index contributed by atoms with van der Waals surface area (Å²) >= 11 is 1.50. The number of ether oxygens (including phenoxy) is 1. The van der Waals surface area contributed by atoms with Crippen LogP contribution in [0.25, 0.3) is 16.3 Å². The summed E-state index contributed by atoms with van der Waals surface area (Å²) in [4.78, 5) is 37.3. The Labute approximate surface area is 177 Å². The SMILES string of the molecule is CC(C)(C)NC(=O)NC(=O)COC(=O)c1cc(-c2cccs2)nn1-c1ccccc1. The van der Waals surface area contributed by atoms with E-state index in [9.17, 15) is 14.4 Å². The van der Waals surface area contributed by atoms with Crippen LogP contribution in [-0.2, 0) is 9.53 Å². The number of hydrogen-bond acceptors (Lipinski definition) is 6. The summed E-state index contributed by atoms with van der Waals surface area (Å²) < 4.78 is 6.60. The van der Waals surface area contributed by atoms with E-state index in [0.717, 1.165) is 4.88 Å². The molecule has 0 unspecified atom stereocenters. The molecule has 0 aliphatic carbocycles. The number of nitrogens with one attached hydrogen (secondary N) is 2. The third kappa shape index (κ3) is 5.54. The minimum absolute atomic E-state index is 0.177. The van der Waals surface area contributed by atoms with Crippen LogP contribution in [0.1, 0.15) is 31.3 Å². The van der Waals surface area contributed by atoms with Gasteiger partial charge >= 0.3 is 12.0 Å². The van der Waals surface area contributed by atoms with E-state index >= 15 is 0 Å². The Morgan fingerprint density at radius 3 is 2.47 bits per heavy atom. The molecular weight excluding hydrogens is 404 g/mol. The van der Waals surface area contributed by atoms with Gasteiger partial charge in [-0.3, -0.25) is 10.1 Å². The second kappa shape index (κ2) is 8.91. The third-order valence-corrected chi connectivity index (χ3v) is 4.66. The van der Waals surface area contributed by atoms with Gasteiger partial charge in [-0.15, -0.1) is 11.3 Å². The summed E-state index contributed by atoms with van der Waals surface area (Å²) in [5.74, 6) is -1.45. The predicted molar refractivity (Wildman–Crippen MR) is 114 cm³/mol. The van der Waals surface area contributed by atoms with Gasteiger partial charge in [0.2, 0.25) is 0 Å². The van der Waals surface area contributed by atoms with Crippen LogP contribution in [-0.4, -0.2) is 39.8 Å². The molecule has 0 atom stereocenters. The Morgan fingerprint density at radius 1 is 1.10 bits per heavy atom. The number of imide groups is 1. The standard InChI is InChI=1S/C21H22N4O4S/c1-21(2,3)23-20(28)22-18(26)13-29-19(27)16-12-15(17-10-7-11-30-17)24-25(16)14-8-5-4-6-9-14/h4-12H,13H2,1-3H3,(H2,22,23,26,28). The molecular formula is C21H22N4O4S. The second-order valence-electron chi connectivity index (χ2n) is 7.47. The molecule has 0 aliphatic heterocycles. The Kier molecular flexibility index (Phi) is 6.31. The van der Waals surface area contributed by atoms with Crippen molar-refractivity contribution < 1.29 is 19.1 Å². The van der Waals surface area contributed by atoms with Gasteiger partial charge in [-0.25, -0.2) is 14.3 Å². The van der Waals surface area contributed by atoms with Crippen LogP contribution in [0, 0.1) is 0 Å². The van der Waals surface area contributed by atoms with Crippen molar-refractivity contribution >= 4 is 29.2 Å². The van der Waals surface area contributed by atoms with Crippen LogP contribution in [0.3, 0.4) is 0 Å². The van der Waals surface area contributed by atoms with Crippen molar-refractivity contribution in [3.05, 3.63) is 59.6 Å². The van der Waals surface area contributed by atoms with E-state index in [1.165, 1.54) is 16.0 Å². The molecule has 3 aromatic rings. The number of esters is 1. The second-order valence-corrected chi connectivity index (χ2v) is 8.42. The maximum atomic E-state index is 12.7. The van der Waals surface area contributed by atoms with Crippen molar-refractivity contribution in [3.63, 3.8) is 0 Å². The fraction of sp³-hybridized carbons (Fsp3) is 0.238. The molecule has 0 saturated carbocycles. The van der Waals surface area contributed by atoms with Crippen LogP contribution >= 0.6 is 11.3 Å². The Morgan fingerprint density at radius 2 is 1.83 bits per heavy atom. The summed E-state index contributed by atoms with van der Waals surface area (Å²) in [6, 6.07) is 13.9. The number of amides is 3. The number of urea groups is 1. The summed E-state index contributed by atoms with van der Waals surface area (Å²) in [5.41, 5.74) is 0.981. The van der Waals surface area contributed by atoms with Gasteiger partial charge in [-0.2, -0.15) is 5.10 Å². The first kappa shape index (κ1) is 21.3. The van der Waals surface area contributed by atoms with Crippen molar-refractivity contribution in [3.8, 4) is 16.3 Å². The lowest BCUT2D eigenvalue weighted by Crippen LogP contribution is -2.49. The van der Waals surface area contributed by atoms with Crippen molar-refractivity contribution in [1.29, 1.82) is 0 Å². The first-order chi connectivity index (χ1) is 14.2. The van der Waals surface area contributed by atoms with Gasteiger partial charge in [-0.1, -0.05) is 24.3 Å². The molecule has 2 aromatic heterocycles. The zero-order chi connectivity index (χ0) is 21.7. The largest absolute Gasteiger partial charge is 0.451 e. The van der Waals surface area contributed by atoms with Gasteiger partial charge in [0.05, 0.1) is 10.6 Å². The number of nitrogens with zero attached hydrogens (tertiary/aromatic N) is 2. The van der Waals surface area contributed by atoms with E-state index in [1.54, 1.807) is 26.8 Å². The van der Waals surface area contributed by atoms with Crippen molar-refractivity contribution in [1.82, 2.24) is 20.4 Å². The molecule has 156 valence electrons. The molecule has 9 heteroatoms. The molecule has 0 radical (unpaired) electrons. The molecule has 8 nitrogen and oxygen atoms in total. The van der Waals surface area contributed by atoms with Crippen LogP contribution in [0.4, 0.5) is 4.79 Å². The Bertz CT molecular complexity index is 1040. The van der Waals surface area contributed by atoms with Gasteiger partial charge in [-0.05, 0) is 44.4 Å². The highest BCUT2D eigenvalue weighted by molar-refractivity contribution is 7.13. The third-order valence-electron chi connectivity index (χ3n) is 3.77. The number of benzene rings is 1. The predicted octanol–water partition coefficient (Wildman–Crippen LogP) is 3.38. The smallest absolute Gasteiger partial charge is 0.357 e. The number of aromatic nitrogens is 2. The lowest BCUT2D eigenvalue weighted by Gasteiger charge is -2.20. The number of para-hydroxylation sites is 1. The molecule has 3 rings (SSSR count). The normalized spacial score (nSPS) is 11.0. The molecule has 0 fully saturated rings. The summed E-state index contributed by atoms with van der Waals surface area (Å²) in [5, 5.41) is 11.2. The maximum absolute atomic E-state index is 12.7. The molecule has 2 heterocycles. The number of rotatable bonds is 5. The van der Waals surface area contributed by atoms with E-state index in [2.05, 4.69) is 15.7 Å². The molecule has 0 saturated heterocycles. The molecule has 0 aliphatic rings. The molecule has 1 aromatic carbocycles. The van der Waals surface area contributed by atoms with Crippen molar-refractivity contribution in [2.24, 2.45) is 0 Å². The minimum Gasteiger partial charge on any atom is -0.451 e. The zero-order valence-electron chi connectivity index (χ0n) is 16.8. The highest BCUT2D eigenvalue weighted by atomic mass is 32.1. The number of hydrogen-bond donors (Lipinski definition) is 2. The van der Waals surface area contributed by atoms with Crippen LogP contribution in [0.15, 0.2) is 53.9 Å². The van der Waals surface area contributed by atoms with Gasteiger partial charge in [0.1, 0.15) is 5.69 Å². The summed E-state index contributed by atoms with van der Waals surface area (Å²) in [7, 11) is 0.